The Labute approximate surface area is 154 Å². The lowest BCUT2D eigenvalue weighted by atomic mass is 10.1. The van der Waals surface area contributed by atoms with Gasteiger partial charge in [0.15, 0.2) is 5.82 Å². The van der Waals surface area contributed by atoms with E-state index in [1.165, 1.54) is 23.6 Å². The van der Waals surface area contributed by atoms with Crippen molar-refractivity contribution in [1.82, 2.24) is 24.6 Å². The molecule has 1 aromatic carbocycles. The molecule has 3 heterocycles. The zero-order valence-electron chi connectivity index (χ0n) is 14.4. The molecule has 27 heavy (non-hydrogen) atoms. The van der Waals surface area contributed by atoms with Gasteiger partial charge in [-0.1, -0.05) is 30.3 Å². The quantitative estimate of drug-likeness (QED) is 0.709. The molecule has 0 saturated carbocycles. The molecule has 0 radical (unpaired) electrons. The molecule has 0 unspecified atom stereocenters. The van der Waals surface area contributed by atoms with E-state index in [9.17, 15) is 13.6 Å². The Morgan fingerprint density at radius 1 is 1.19 bits per heavy atom. The minimum Gasteiger partial charge on any atom is -0.322 e. The number of hydrogen-bond donors (Lipinski definition) is 0. The first kappa shape index (κ1) is 17.3. The number of amides is 1. The third kappa shape index (κ3) is 3.55. The lowest BCUT2D eigenvalue weighted by Gasteiger charge is -2.23. The van der Waals surface area contributed by atoms with E-state index >= 15 is 0 Å². The fourth-order valence-electron chi connectivity index (χ4n) is 3.34. The molecule has 0 spiro atoms. The number of carbonyl (C=O) groups excluding carboxylic acids is 1. The lowest BCUT2D eigenvalue weighted by Crippen LogP contribution is -2.34. The largest absolute Gasteiger partial charge is 0.322 e. The fraction of sp³-hybridized carbons (Fsp3) is 0.263. The molecule has 1 aliphatic rings. The number of hydrogen-bond acceptors (Lipinski definition) is 4. The first-order valence-electron chi connectivity index (χ1n) is 8.54. The lowest BCUT2D eigenvalue weighted by molar-refractivity contribution is 0.0117. The van der Waals surface area contributed by atoms with Crippen molar-refractivity contribution in [3.05, 3.63) is 78.1 Å². The van der Waals surface area contributed by atoms with Crippen LogP contribution in [-0.2, 0) is 6.54 Å². The predicted molar refractivity (Wildman–Crippen MR) is 93.1 cm³/mol. The molecule has 1 atom stereocenters. The molecule has 8 heteroatoms. The first-order chi connectivity index (χ1) is 13.0. The van der Waals surface area contributed by atoms with E-state index < -0.39 is 30.8 Å². The van der Waals surface area contributed by atoms with Crippen molar-refractivity contribution >= 4 is 5.91 Å². The van der Waals surface area contributed by atoms with Crippen LogP contribution < -0.4 is 0 Å². The van der Waals surface area contributed by atoms with Crippen LogP contribution in [0.3, 0.4) is 0 Å². The average Bonchev–Trinajstić information content (AvgIpc) is 3.26. The molecule has 2 aromatic heterocycles. The van der Waals surface area contributed by atoms with Gasteiger partial charge in [0.2, 0.25) is 0 Å². The van der Waals surface area contributed by atoms with Crippen molar-refractivity contribution < 1.29 is 13.6 Å². The summed E-state index contributed by atoms with van der Waals surface area (Å²) >= 11 is 0. The van der Waals surface area contributed by atoms with Crippen molar-refractivity contribution in [3.8, 4) is 0 Å². The maximum atomic E-state index is 14.2. The second-order valence-corrected chi connectivity index (χ2v) is 6.55. The summed E-state index contributed by atoms with van der Waals surface area (Å²) in [6.45, 7) is -0.205. The zero-order chi connectivity index (χ0) is 18.9. The number of rotatable bonds is 4. The summed E-state index contributed by atoms with van der Waals surface area (Å²) in [5.41, 5.74) is 1.27. The summed E-state index contributed by atoms with van der Waals surface area (Å²) in [4.78, 5) is 17.9. The minimum absolute atomic E-state index is 0.273. The molecule has 138 valence electrons. The first-order valence-corrected chi connectivity index (χ1v) is 8.54. The number of pyridine rings is 1. The van der Waals surface area contributed by atoms with Crippen molar-refractivity contribution in [3.63, 3.8) is 0 Å². The van der Waals surface area contributed by atoms with Crippen molar-refractivity contribution in [2.75, 3.05) is 6.54 Å². The van der Waals surface area contributed by atoms with Crippen LogP contribution in [-0.4, -0.2) is 43.0 Å². The van der Waals surface area contributed by atoms with E-state index in [1.54, 1.807) is 16.7 Å². The zero-order valence-corrected chi connectivity index (χ0v) is 14.4. The van der Waals surface area contributed by atoms with Crippen molar-refractivity contribution in [2.45, 2.75) is 24.9 Å². The summed E-state index contributed by atoms with van der Waals surface area (Å²) in [5.74, 6) is -3.11. The number of aromatic nitrogens is 4. The number of alkyl halides is 2. The highest BCUT2D eigenvalue weighted by atomic mass is 19.3. The molecule has 0 N–H and O–H groups in total. The number of halogens is 2. The molecule has 0 aliphatic carbocycles. The highest BCUT2D eigenvalue weighted by Gasteiger charge is 2.49. The smallest absolute Gasteiger partial charge is 0.267 e. The van der Waals surface area contributed by atoms with Gasteiger partial charge in [0.1, 0.15) is 6.33 Å². The van der Waals surface area contributed by atoms with Crippen LogP contribution in [0.25, 0.3) is 0 Å². The van der Waals surface area contributed by atoms with Gasteiger partial charge >= 0.3 is 0 Å². The molecule has 0 bridgehead atoms. The summed E-state index contributed by atoms with van der Waals surface area (Å²) in [5, 5.41) is 7.95. The molecule has 1 amide bonds. The van der Waals surface area contributed by atoms with E-state index in [4.69, 9.17) is 0 Å². The Balaban J connectivity index is 1.65. The predicted octanol–water partition coefficient (Wildman–Crippen LogP) is 2.94. The van der Waals surface area contributed by atoms with E-state index in [1.807, 2.05) is 30.3 Å². The molecule has 1 aliphatic heterocycles. The van der Waals surface area contributed by atoms with E-state index in [2.05, 4.69) is 15.2 Å². The van der Waals surface area contributed by atoms with Crippen molar-refractivity contribution in [1.29, 1.82) is 0 Å². The second kappa shape index (κ2) is 6.86. The Morgan fingerprint density at radius 3 is 2.74 bits per heavy atom. The number of nitrogens with zero attached hydrogens (tertiary/aromatic N) is 5. The molecular weight excluding hydrogens is 352 g/mol. The van der Waals surface area contributed by atoms with Gasteiger partial charge < -0.3 is 9.47 Å². The van der Waals surface area contributed by atoms with Gasteiger partial charge in [-0.05, 0) is 17.7 Å². The maximum Gasteiger partial charge on any atom is 0.267 e. The van der Waals surface area contributed by atoms with Gasteiger partial charge in [-0.3, -0.25) is 9.78 Å². The van der Waals surface area contributed by atoms with Crippen LogP contribution in [0, 0.1) is 0 Å². The van der Waals surface area contributed by atoms with E-state index in [0.29, 0.717) is 12.4 Å². The highest BCUT2D eigenvalue weighted by Crippen LogP contribution is 2.41. The Hall–Kier alpha value is -3.16. The van der Waals surface area contributed by atoms with Crippen LogP contribution in [0.4, 0.5) is 8.78 Å². The summed E-state index contributed by atoms with van der Waals surface area (Å²) in [6, 6.07) is 11.9. The Morgan fingerprint density at radius 2 is 2.00 bits per heavy atom. The van der Waals surface area contributed by atoms with Gasteiger partial charge in [0, 0.05) is 18.8 Å². The number of carbonyl (C=O) groups is 1. The molecule has 4 rings (SSSR count). The minimum atomic E-state index is -2.98. The number of likely N-dealkylation sites (tertiary alicyclic amines) is 1. The standard InChI is InChI=1S/C19H17F2N5O/c20-19(21)9-16(26(12-19)18(27)15-7-4-8-22-10-15)17-24-23-13-25(17)11-14-5-2-1-3-6-14/h1-8,10,13,16H,9,11-12H2/t16-/m0/s1. The van der Waals surface area contributed by atoms with E-state index in [-0.39, 0.29) is 5.56 Å². The van der Waals surface area contributed by atoms with Crippen LogP contribution in [0.1, 0.15) is 34.2 Å². The molecular formula is C19H17F2N5O. The van der Waals surface area contributed by atoms with Crippen LogP contribution in [0.2, 0.25) is 0 Å². The number of benzene rings is 1. The summed E-state index contributed by atoms with van der Waals surface area (Å²) in [6.07, 6.45) is 3.94. The highest BCUT2D eigenvalue weighted by molar-refractivity contribution is 5.94. The summed E-state index contributed by atoms with van der Waals surface area (Å²) in [7, 11) is 0. The molecule has 6 nitrogen and oxygen atoms in total. The van der Waals surface area contributed by atoms with Gasteiger partial charge in [0.05, 0.1) is 24.7 Å². The van der Waals surface area contributed by atoms with Gasteiger partial charge in [-0.2, -0.15) is 0 Å². The van der Waals surface area contributed by atoms with Crippen LogP contribution >= 0.6 is 0 Å². The maximum absolute atomic E-state index is 14.2. The second-order valence-electron chi connectivity index (χ2n) is 6.55. The topological polar surface area (TPSA) is 63.9 Å². The normalized spacial score (nSPS) is 18.6. The van der Waals surface area contributed by atoms with Crippen molar-refractivity contribution in [2.24, 2.45) is 0 Å². The SMILES string of the molecule is O=C(c1cccnc1)N1CC(F)(F)C[C@H]1c1nncn1Cc1ccccc1. The van der Waals surface area contributed by atoms with Gasteiger partial charge in [0.25, 0.3) is 11.8 Å². The third-order valence-electron chi connectivity index (χ3n) is 4.58. The van der Waals surface area contributed by atoms with Gasteiger partial charge in [-0.25, -0.2) is 8.78 Å². The molecule has 1 fully saturated rings. The van der Waals surface area contributed by atoms with E-state index in [0.717, 1.165) is 5.56 Å². The molecule has 3 aromatic rings. The summed E-state index contributed by atoms with van der Waals surface area (Å²) < 4.78 is 30.1. The third-order valence-corrected chi connectivity index (χ3v) is 4.58. The molecule has 1 saturated heterocycles. The van der Waals surface area contributed by atoms with Gasteiger partial charge in [-0.15, -0.1) is 10.2 Å². The van der Waals surface area contributed by atoms with Crippen LogP contribution in [0.15, 0.2) is 61.2 Å². The Bertz CT molecular complexity index is 930. The van der Waals surface area contributed by atoms with Crippen LogP contribution in [0.5, 0.6) is 0 Å². The fourth-order valence-corrected chi connectivity index (χ4v) is 3.34. The monoisotopic (exact) mass is 369 g/mol. The average molecular weight is 369 g/mol. The Kier molecular flexibility index (Phi) is 4.39.